The van der Waals surface area contributed by atoms with Crippen LogP contribution in [-0.4, -0.2) is 41.9 Å². The van der Waals surface area contributed by atoms with Gasteiger partial charge in [0.05, 0.1) is 13.2 Å². The van der Waals surface area contributed by atoms with Gasteiger partial charge in [-0.2, -0.15) is 0 Å². The maximum absolute atomic E-state index is 10.8. The number of aliphatic hydroxyl groups excluding tert-OH is 2. The van der Waals surface area contributed by atoms with Gasteiger partial charge in [-0.1, -0.05) is 58.3 Å². The van der Waals surface area contributed by atoms with Crippen LogP contribution >= 0.6 is 0 Å². The summed E-state index contributed by atoms with van der Waals surface area (Å²) in [6, 6.07) is 0. The Morgan fingerprint density at radius 3 is 2.16 bits per heavy atom. The number of rotatable bonds is 14. The fraction of sp³-hybridized carbons (Fsp3) is 0.933. The molecule has 0 aromatic heterocycles. The van der Waals surface area contributed by atoms with E-state index in [2.05, 4.69) is 6.92 Å². The largest absolute Gasteiger partial charge is 0.394 e. The summed E-state index contributed by atoms with van der Waals surface area (Å²) >= 11 is 0. The van der Waals surface area contributed by atoms with E-state index >= 15 is 0 Å². The number of ether oxygens (including phenoxy) is 1. The number of hydrogen-bond donors (Lipinski definition) is 2. The van der Waals surface area contributed by atoms with Crippen LogP contribution in [0.1, 0.15) is 64.7 Å². The lowest BCUT2D eigenvalue weighted by molar-refractivity contribution is -0.121. The molecule has 0 bridgehead atoms. The van der Waals surface area contributed by atoms with Crippen molar-refractivity contribution < 1.29 is 19.7 Å². The summed E-state index contributed by atoms with van der Waals surface area (Å²) < 4.78 is 5.23. The molecule has 4 heteroatoms. The standard InChI is InChI=1S/C15H30O4/c1-2-3-4-5-6-7-8-9-10-15(12-17)19-13-14(18)11-16/h12,14-16,18H,2-11,13H2,1H3. The molecule has 0 radical (unpaired) electrons. The minimum Gasteiger partial charge on any atom is -0.394 e. The summed E-state index contributed by atoms with van der Waals surface area (Å²) in [6.07, 6.45) is 10.00. The summed E-state index contributed by atoms with van der Waals surface area (Å²) in [6.45, 7) is 1.91. The normalized spacial score (nSPS) is 14.3. The third-order valence-electron chi connectivity index (χ3n) is 3.21. The lowest BCUT2D eigenvalue weighted by Crippen LogP contribution is -2.25. The third kappa shape index (κ3) is 12.3. The second-order valence-electron chi connectivity index (χ2n) is 5.11. The molecule has 0 rings (SSSR count). The van der Waals surface area contributed by atoms with E-state index in [0.29, 0.717) is 6.42 Å². The first-order valence-corrected chi connectivity index (χ1v) is 7.60. The SMILES string of the molecule is CCCCCCCCCCC(C=O)OCC(O)CO. The van der Waals surface area contributed by atoms with Crippen LogP contribution in [0, 0.1) is 0 Å². The van der Waals surface area contributed by atoms with E-state index in [1.807, 2.05) is 0 Å². The predicted octanol–water partition coefficient (Wildman–Crippen LogP) is 2.45. The van der Waals surface area contributed by atoms with Crippen LogP contribution in [0.15, 0.2) is 0 Å². The van der Waals surface area contributed by atoms with Gasteiger partial charge in [0, 0.05) is 0 Å². The van der Waals surface area contributed by atoms with Crippen molar-refractivity contribution in [2.75, 3.05) is 13.2 Å². The number of carbonyl (C=O) groups excluding carboxylic acids is 1. The van der Waals surface area contributed by atoms with Gasteiger partial charge in [-0.3, -0.25) is 0 Å². The minimum absolute atomic E-state index is 0.0247. The Labute approximate surface area is 117 Å². The van der Waals surface area contributed by atoms with Crippen LogP contribution < -0.4 is 0 Å². The second-order valence-corrected chi connectivity index (χ2v) is 5.11. The molecule has 0 saturated carbocycles. The molecule has 0 aliphatic heterocycles. The average molecular weight is 274 g/mol. The highest BCUT2D eigenvalue weighted by molar-refractivity contribution is 5.55. The van der Waals surface area contributed by atoms with Gasteiger partial charge in [0.25, 0.3) is 0 Å². The quantitative estimate of drug-likeness (QED) is 0.377. The van der Waals surface area contributed by atoms with Crippen LogP contribution in [0.4, 0.5) is 0 Å². The van der Waals surface area contributed by atoms with Gasteiger partial charge >= 0.3 is 0 Å². The molecule has 0 spiro atoms. The number of aldehydes is 1. The molecule has 0 aromatic rings. The first-order chi connectivity index (χ1) is 9.24. The van der Waals surface area contributed by atoms with Crippen LogP contribution in [0.5, 0.6) is 0 Å². The Morgan fingerprint density at radius 1 is 1.05 bits per heavy atom. The minimum atomic E-state index is -0.888. The molecule has 0 aliphatic rings. The summed E-state index contributed by atoms with van der Waals surface area (Å²) in [7, 11) is 0. The lowest BCUT2D eigenvalue weighted by atomic mass is 10.1. The van der Waals surface area contributed by atoms with Gasteiger partial charge in [-0.05, 0) is 6.42 Å². The zero-order valence-electron chi connectivity index (χ0n) is 12.2. The smallest absolute Gasteiger partial charge is 0.148 e. The van der Waals surface area contributed by atoms with Gasteiger partial charge < -0.3 is 19.7 Å². The molecule has 2 N–H and O–H groups in total. The summed E-state index contributed by atoms with van der Waals surface area (Å²) in [4.78, 5) is 10.8. The molecule has 19 heavy (non-hydrogen) atoms. The van der Waals surface area contributed by atoms with Gasteiger partial charge in [-0.15, -0.1) is 0 Å². The molecular weight excluding hydrogens is 244 g/mol. The van der Waals surface area contributed by atoms with E-state index in [9.17, 15) is 4.79 Å². The van der Waals surface area contributed by atoms with Crippen LogP contribution in [-0.2, 0) is 9.53 Å². The van der Waals surface area contributed by atoms with E-state index in [0.717, 1.165) is 19.1 Å². The molecule has 0 aliphatic carbocycles. The molecule has 114 valence electrons. The van der Waals surface area contributed by atoms with E-state index in [4.69, 9.17) is 14.9 Å². The average Bonchev–Trinajstić information content (AvgIpc) is 2.44. The topological polar surface area (TPSA) is 66.8 Å². The maximum atomic E-state index is 10.8. The molecule has 0 heterocycles. The summed E-state index contributed by atoms with van der Waals surface area (Å²) in [5.74, 6) is 0. The first kappa shape index (κ1) is 18.6. The Bertz CT molecular complexity index is 197. The van der Waals surface area contributed by atoms with Crippen molar-refractivity contribution in [3.8, 4) is 0 Å². The zero-order valence-corrected chi connectivity index (χ0v) is 12.2. The van der Waals surface area contributed by atoms with Crippen LogP contribution in [0.2, 0.25) is 0 Å². The Hall–Kier alpha value is -0.450. The van der Waals surface area contributed by atoms with Gasteiger partial charge in [-0.25, -0.2) is 0 Å². The molecule has 2 unspecified atom stereocenters. The Morgan fingerprint density at radius 2 is 1.63 bits per heavy atom. The molecule has 0 amide bonds. The maximum Gasteiger partial charge on any atom is 0.148 e. The Kier molecular flexibility index (Phi) is 13.6. The lowest BCUT2D eigenvalue weighted by Gasteiger charge is -2.14. The fourth-order valence-corrected chi connectivity index (χ4v) is 1.96. The molecule has 0 aromatic carbocycles. The van der Waals surface area contributed by atoms with Crippen molar-refractivity contribution in [1.82, 2.24) is 0 Å². The molecule has 2 atom stereocenters. The second kappa shape index (κ2) is 14.0. The van der Waals surface area contributed by atoms with Crippen LogP contribution in [0.3, 0.4) is 0 Å². The highest BCUT2D eigenvalue weighted by atomic mass is 16.5. The zero-order chi connectivity index (χ0) is 14.3. The third-order valence-corrected chi connectivity index (χ3v) is 3.21. The number of carbonyl (C=O) groups is 1. The Balaban J connectivity index is 3.38. The van der Waals surface area contributed by atoms with Crippen molar-refractivity contribution in [2.45, 2.75) is 76.9 Å². The number of unbranched alkanes of at least 4 members (excludes halogenated alkanes) is 7. The molecule has 4 nitrogen and oxygen atoms in total. The summed E-state index contributed by atoms with van der Waals surface area (Å²) in [5, 5.41) is 17.8. The fourth-order valence-electron chi connectivity index (χ4n) is 1.96. The van der Waals surface area contributed by atoms with E-state index in [-0.39, 0.29) is 13.2 Å². The highest BCUT2D eigenvalue weighted by Crippen LogP contribution is 2.11. The summed E-state index contributed by atoms with van der Waals surface area (Å²) in [5.41, 5.74) is 0. The van der Waals surface area contributed by atoms with E-state index < -0.39 is 12.2 Å². The number of hydrogen-bond acceptors (Lipinski definition) is 4. The van der Waals surface area contributed by atoms with Crippen molar-refractivity contribution >= 4 is 6.29 Å². The van der Waals surface area contributed by atoms with Crippen LogP contribution in [0.25, 0.3) is 0 Å². The van der Waals surface area contributed by atoms with Gasteiger partial charge in [0.1, 0.15) is 18.5 Å². The predicted molar refractivity (Wildman–Crippen MR) is 76.1 cm³/mol. The van der Waals surface area contributed by atoms with Crippen molar-refractivity contribution in [2.24, 2.45) is 0 Å². The molecular formula is C15H30O4. The van der Waals surface area contributed by atoms with E-state index in [1.165, 1.54) is 38.5 Å². The van der Waals surface area contributed by atoms with Crippen molar-refractivity contribution in [1.29, 1.82) is 0 Å². The van der Waals surface area contributed by atoms with Crippen molar-refractivity contribution in [3.05, 3.63) is 0 Å². The highest BCUT2D eigenvalue weighted by Gasteiger charge is 2.10. The monoisotopic (exact) mass is 274 g/mol. The van der Waals surface area contributed by atoms with Crippen molar-refractivity contribution in [3.63, 3.8) is 0 Å². The van der Waals surface area contributed by atoms with Gasteiger partial charge in [0.15, 0.2) is 0 Å². The first-order valence-electron chi connectivity index (χ1n) is 7.60. The number of aliphatic hydroxyl groups is 2. The molecule has 0 fully saturated rings. The molecule has 0 saturated heterocycles. The van der Waals surface area contributed by atoms with Gasteiger partial charge in [0.2, 0.25) is 0 Å². The van der Waals surface area contributed by atoms with E-state index in [1.54, 1.807) is 0 Å².